The van der Waals surface area contributed by atoms with Crippen molar-refractivity contribution in [2.24, 2.45) is 0 Å². The molecule has 2 heterocycles. The second-order valence-corrected chi connectivity index (χ2v) is 10.8. The number of benzene rings is 1. The van der Waals surface area contributed by atoms with Gasteiger partial charge in [-0.1, -0.05) is 0 Å². The summed E-state index contributed by atoms with van der Waals surface area (Å²) in [6.45, 7) is 6.32. The fourth-order valence-electron chi connectivity index (χ4n) is 3.51. The minimum absolute atomic E-state index is 0.0210. The molecule has 1 aliphatic heterocycles. The highest BCUT2D eigenvalue weighted by atomic mass is 32.2. The number of anilines is 1. The Kier molecular flexibility index (Phi) is 8.80. The van der Waals surface area contributed by atoms with Gasteiger partial charge in [-0.15, -0.1) is 11.3 Å². The molecule has 0 unspecified atom stereocenters. The van der Waals surface area contributed by atoms with E-state index in [1.54, 1.807) is 25.7 Å². The molecule has 1 fully saturated rings. The summed E-state index contributed by atoms with van der Waals surface area (Å²) in [5, 5.41) is 3.67. The maximum Gasteiger partial charge on any atom is 0.348 e. The maximum absolute atomic E-state index is 13.2. The van der Waals surface area contributed by atoms with E-state index in [2.05, 4.69) is 5.32 Å². The van der Waals surface area contributed by atoms with Crippen LogP contribution in [0.25, 0.3) is 0 Å². The van der Waals surface area contributed by atoms with Crippen LogP contribution in [0.3, 0.4) is 0 Å². The Morgan fingerprint density at radius 3 is 2.20 bits per heavy atom. The maximum atomic E-state index is 13.2. The predicted molar refractivity (Wildman–Crippen MR) is 134 cm³/mol. The number of piperazine rings is 1. The highest BCUT2D eigenvalue weighted by Crippen LogP contribution is 2.34. The standard InChI is InChI=1S/C22H26FN3O6S3/c1-4-31-20(27)17-14(3)18(21(28)32-5-2)34-19(17)24-22(33)25-10-12-26(13-11-25)35(29,30)16-8-6-15(23)7-9-16/h6-9H,4-5,10-13H2,1-3H3,(H,24,33). The van der Waals surface area contributed by atoms with Crippen molar-refractivity contribution >= 4 is 55.6 Å². The lowest BCUT2D eigenvalue weighted by Gasteiger charge is -2.35. The van der Waals surface area contributed by atoms with Gasteiger partial charge in [-0.2, -0.15) is 4.31 Å². The molecule has 1 aromatic heterocycles. The minimum Gasteiger partial charge on any atom is -0.462 e. The molecule has 0 saturated carbocycles. The summed E-state index contributed by atoms with van der Waals surface area (Å²) in [6, 6.07) is 4.69. The van der Waals surface area contributed by atoms with E-state index in [4.69, 9.17) is 21.7 Å². The number of sulfonamides is 1. The molecule has 0 bridgehead atoms. The van der Waals surface area contributed by atoms with E-state index in [0.717, 1.165) is 23.5 Å². The zero-order valence-electron chi connectivity index (χ0n) is 19.5. The topological polar surface area (TPSA) is 105 Å². The van der Waals surface area contributed by atoms with E-state index < -0.39 is 27.8 Å². The number of carbonyl (C=O) groups is 2. The van der Waals surface area contributed by atoms with Crippen molar-refractivity contribution in [2.75, 3.05) is 44.7 Å². The van der Waals surface area contributed by atoms with Gasteiger partial charge in [-0.25, -0.2) is 22.4 Å². The largest absolute Gasteiger partial charge is 0.462 e. The Hall–Kier alpha value is -2.61. The second-order valence-electron chi connectivity index (χ2n) is 7.48. The van der Waals surface area contributed by atoms with Gasteiger partial charge in [0.1, 0.15) is 15.7 Å². The van der Waals surface area contributed by atoms with Crippen molar-refractivity contribution in [3.63, 3.8) is 0 Å². The van der Waals surface area contributed by atoms with Gasteiger partial charge in [0.15, 0.2) is 5.11 Å². The molecule has 0 atom stereocenters. The van der Waals surface area contributed by atoms with Crippen LogP contribution in [-0.2, 0) is 19.5 Å². The number of rotatable bonds is 7. The Morgan fingerprint density at radius 1 is 1.06 bits per heavy atom. The van der Waals surface area contributed by atoms with Crippen LogP contribution in [0.2, 0.25) is 0 Å². The molecule has 0 radical (unpaired) electrons. The van der Waals surface area contributed by atoms with Gasteiger partial charge in [0.05, 0.1) is 23.7 Å². The van der Waals surface area contributed by atoms with E-state index in [-0.39, 0.29) is 46.8 Å². The normalized spacial score (nSPS) is 14.5. The van der Waals surface area contributed by atoms with Gasteiger partial charge in [-0.05, 0) is 62.8 Å². The van der Waals surface area contributed by atoms with Gasteiger partial charge in [0, 0.05) is 26.2 Å². The van der Waals surface area contributed by atoms with Crippen LogP contribution < -0.4 is 5.32 Å². The van der Waals surface area contributed by atoms with Crippen LogP contribution in [0.4, 0.5) is 9.39 Å². The van der Waals surface area contributed by atoms with Crippen molar-refractivity contribution in [1.29, 1.82) is 0 Å². The molecule has 0 aliphatic carbocycles. The SMILES string of the molecule is CCOC(=O)c1sc(NC(=S)N2CCN(S(=O)(=O)c3ccc(F)cc3)CC2)c(C(=O)OCC)c1C. The summed E-state index contributed by atoms with van der Waals surface area (Å²) in [7, 11) is -3.76. The first-order valence-electron chi connectivity index (χ1n) is 10.9. The summed E-state index contributed by atoms with van der Waals surface area (Å²) >= 11 is 6.57. The van der Waals surface area contributed by atoms with Crippen molar-refractivity contribution in [3.05, 3.63) is 46.1 Å². The molecule has 1 aliphatic rings. The first-order valence-corrected chi connectivity index (χ1v) is 13.6. The van der Waals surface area contributed by atoms with E-state index in [1.165, 1.54) is 16.4 Å². The number of esters is 2. The second kappa shape index (κ2) is 11.4. The first kappa shape index (κ1) is 27.0. The lowest BCUT2D eigenvalue weighted by molar-refractivity contribution is 0.0527. The quantitative estimate of drug-likeness (QED) is 0.416. The summed E-state index contributed by atoms with van der Waals surface area (Å²) < 4.78 is 50.4. The number of thiophene rings is 1. The molecule has 1 N–H and O–H groups in total. The van der Waals surface area contributed by atoms with Crippen LogP contribution in [-0.4, -0.2) is 74.1 Å². The monoisotopic (exact) mass is 543 g/mol. The van der Waals surface area contributed by atoms with Gasteiger partial charge >= 0.3 is 11.9 Å². The summed E-state index contributed by atoms with van der Waals surface area (Å²) in [6.07, 6.45) is 0. The third-order valence-corrected chi connectivity index (χ3v) is 8.75. The summed E-state index contributed by atoms with van der Waals surface area (Å²) in [5.74, 6) is -1.64. The molecule has 3 rings (SSSR count). The predicted octanol–water partition coefficient (Wildman–Crippen LogP) is 3.25. The van der Waals surface area contributed by atoms with Crippen molar-refractivity contribution < 1.29 is 31.9 Å². The number of nitrogens with one attached hydrogen (secondary N) is 1. The third kappa shape index (κ3) is 5.97. The smallest absolute Gasteiger partial charge is 0.348 e. The first-order chi connectivity index (χ1) is 16.6. The molecular weight excluding hydrogens is 517 g/mol. The van der Waals surface area contributed by atoms with Crippen LogP contribution >= 0.6 is 23.6 Å². The molecule has 9 nitrogen and oxygen atoms in total. The summed E-state index contributed by atoms with van der Waals surface area (Å²) in [4.78, 5) is 27.0. The van der Waals surface area contributed by atoms with Gasteiger partial charge < -0.3 is 19.7 Å². The fourth-order valence-corrected chi connectivity index (χ4v) is 6.36. The van der Waals surface area contributed by atoms with Crippen molar-refractivity contribution in [2.45, 2.75) is 25.7 Å². The Morgan fingerprint density at radius 2 is 1.63 bits per heavy atom. The van der Waals surface area contributed by atoms with Crippen molar-refractivity contribution in [3.8, 4) is 0 Å². The van der Waals surface area contributed by atoms with Gasteiger partial charge in [-0.3, -0.25) is 0 Å². The number of halogens is 1. The average molecular weight is 544 g/mol. The minimum atomic E-state index is -3.76. The molecule has 2 aromatic rings. The van der Waals surface area contributed by atoms with Crippen molar-refractivity contribution in [1.82, 2.24) is 9.21 Å². The molecule has 13 heteroatoms. The molecule has 1 aromatic carbocycles. The fraction of sp³-hybridized carbons (Fsp3) is 0.409. The number of hydrogen-bond donors (Lipinski definition) is 1. The molecule has 35 heavy (non-hydrogen) atoms. The van der Waals surface area contributed by atoms with E-state index in [9.17, 15) is 22.4 Å². The zero-order chi connectivity index (χ0) is 25.8. The van der Waals surface area contributed by atoms with E-state index in [0.29, 0.717) is 23.7 Å². The van der Waals surface area contributed by atoms with Crippen LogP contribution in [0.15, 0.2) is 29.2 Å². The number of hydrogen-bond acceptors (Lipinski definition) is 8. The lowest BCUT2D eigenvalue weighted by atomic mass is 10.1. The van der Waals surface area contributed by atoms with Crippen LogP contribution in [0.5, 0.6) is 0 Å². The Labute approximate surface area is 212 Å². The van der Waals surface area contributed by atoms with Crippen LogP contribution in [0, 0.1) is 12.7 Å². The number of carbonyl (C=O) groups excluding carboxylic acids is 2. The molecule has 1 saturated heterocycles. The number of ether oxygens (including phenoxy) is 2. The number of thiocarbonyl (C=S) groups is 1. The average Bonchev–Trinajstić information content (AvgIpc) is 3.15. The molecular formula is C22H26FN3O6S3. The van der Waals surface area contributed by atoms with Gasteiger partial charge in [0.25, 0.3) is 0 Å². The Bertz CT molecular complexity index is 1210. The molecule has 0 spiro atoms. The molecule has 190 valence electrons. The highest BCUT2D eigenvalue weighted by molar-refractivity contribution is 7.89. The number of nitrogens with zero attached hydrogens (tertiary/aromatic N) is 2. The van der Waals surface area contributed by atoms with Gasteiger partial charge in [0.2, 0.25) is 10.0 Å². The highest BCUT2D eigenvalue weighted by Gasteiger charge is 2.31. The Balaban J connectivity index is 1.73. The summed E-state index contributed by atoms with van der Waals surface area (Å²) in [5.41, 5.74) is 0.646. The van der Waals surface area contributed by atoms with E-state index >= 15 is 0 Å². The molecule has 0 amide bonds. The lowest BCUT2D eigenvalue weighted by Crippen LogP contribution is -2.51. The zero-order valence-corrected chi connectivity index (χ0v) is 21.9. The third-order valence-electron chi connectivity index (χ3n) is 5.28. The van der Waals surface area contributed by atoms with E-state index in [1.807, 2.05) is 0 Å². The van der Waals surface area contributed by atoms with Crippen LogP contribution in [0.1, 0.15) is 39.4 Å².